The highest BCUT2D eigenvalue weighted by Crippen LogP contribution is 2.25. The molecule has 0 aromatic heterocycles. The van der Waals surface area contributed by atoms with Crippen molar-refractivity contribution in [2.75, 3.05) is 16.9 Å². The van der Waals surface area contributed by atoms with Crippen molar-refractivity contribution in [2.24, 2.45) is 5.10 Å². The summed E-state index contributed by atoms with van der Waals surface area (Å²) in [5.74, 6) is 0.334. The second-order valence-electron chi connectivity index (χ2n) is 6.45. The third kappa shape index (κ3) is 4.34. The number of benzene rings is 2. The van der Waals surface area contributed by atoms with Gasteiger partial charge in [-0.3, -0.25) is 9.59 Å². The number of amides is 2. The van der Waals surface area contributed by atoms with E-state index in [1.165, 1.54) is 5.01 Å². The molecule has 1 heterocycles. The Morgan fingerprint density at radius 3 is 2.59 bits per heavy atom. The Bertz CT molecular complexity index is 888. The molecule has 0 spiro atoms. The van der Waals surface area contributed by atoms with E-state index >= 15 is 0 Å². The van der Waals surface area contributed by atoms with Crippen LogP contribution in [0, 0.1) is 13.8 Å². The molecule has 0 saturated carbocycles. The number of carbonyl (C=O) groups is 2. The van der Waals surface area contributed by atoms with Gasteiger partial charge >= 0.3 is 0 Å². The first-order valence-electron chi connectivity index (χ1n) is 9.00. The highest BCUT2D eigenvalue weighted by atomic mass is 16.5. The van der Waals surface area contributed by atoms with Crippen molar-refractivity contribution in [3.05, 3.63) is 53.6 Å². The lowest BCUT2D eigenvalue weighted by molar-refractivity contribution is -0.118. The zero-order chi connectivity index (χ0) is 19.4. The number of hydrogen-bond acceptors (Lipinski definition) is 4. The van der Waals surface area contributed by atoms with Crippen LogP contribution in [0.15, 0.2) is 47.6 Å². The summed E-state index contributed by atoms with van der Waals surface area (Å²) in [6, 6.07) is 13.0. The largest absolute Gasteiger partial charge is 0.494 e. The number of hydrazone groups is 1. The van der Waals surface area contributed by atoms with Crippen LogP contribution in [0.5, 0.6) is 5.75 Å². The second kappa shape index (κ2) is 8.03. The molecule has 0 radical (unpaired) electrons. The number of anilines is 2. The van der Waals surface area contributed by atoms with Crippen molar-refractivity contribution in [1.29, 1.82) is 0 Å². The van der Waals surface area contributed by atoms with Gasteiger partial charge < -0.3 is 10.1 Å². The van der Waals surface area contributed by atoms with Gasteiger partial charge in [-0.2, -0.15) is 5.10 Å². The minimum atomic E-state index is -0.304. The first-order chi connectivity index (χ1) is 13.0. The fourth-order valence-corrected chi connectivity index (χ4v) is 2.86. The lowest BCUT2D eigenvalue weighted by atomic mass is 10.1. The topological polar surface area (TPSA) is 71.0 Å². The van der Waals surface area contributed by atoms with Crippen LogP contribution < -0.4 is 15.1 Å². The van der Waals surface area contributed by atoms with E-state index in [0.29, 0.717) is 30.1 Å². The van der Waals surface area contributed by atoms with E-state index in [1.807, 2.05) is 39.0 Å². The molecule has 2 aromatic carbocycles. The van der Waals surface area contributed by atoms with Gasteiger partial charge in [-0.25, -0.2) is 5.01 Å². The van der Waals surface area contributed by atoms with Crippen LogP contribution in [-0.2, 0) is 9.59 Å². The first-order valence-corrected chi connectivity index (χ1v) is 9.00. The van der Waals surface area contributed by atoms with E-state index in [9.17, 15) is 9.59 Å². The van der Waals surface area contributed by atoms with Gasteiger partial charge in [0, 0.05) is 18.5 Å². The summed E-state index contributed by atoms with van der Waals surface area (Å²) >= 11 is 0. The van der Waals surface area contributed by atoms with Crippen LogP contribution in [0.2, 0.25) is 0 Å². The maximum absolute atomic E-state index is 12.6. The van der Waals surface area contributed by atoms with E-state index in [0.717, 1.165) is 16.9 Å². The molecule has 1 aliphatic rings. The van der Waals surface area contributed by atoms with E-state index < -0.39 is 0 Å². The van der Waals surface area contributed by atoms with Crippen molar-refractivity contribution < 1.29 is 14.3 Å². The van der Waals surface area contributed by atoms with Gasteiger partial charge in [0.1, 0.15) is 11.5 Å². The summed E-state index contributed by atoms with van der Waals surface area (Å²) in [5, 5.41) is 8.52. The summed E-state index contributed by atoms with van der Waals surface area (Å²) in [7, 11) is 0. The number of aryl methyl sites for hydroxylation is 2. The minimum Gasteiger partial charge on any atom is -0.494 e. The van der Waals surface area contributed by atoms with Crippen molar-refractivity contribution in [3.8, 4) is 5.75 Å². The normalized spacial score (nSPS) is 14.0. The van der Waals surface area contributed by atoms with Crippen molar-refractivity contribution in [2.45, 2.75) is 33.6 Å². The summed E-state index contributed by atoms with van der Waals surface area (Å²) < 4.78 is 5.40. The SMILES string of the molecule is CCOc1ccc(NC(=O)C2=NN(c3cc(C)ccc3C)C(=O)CC2)cc1. The van der Waals surface area contributed by atoms with Gasteiger partial charge in [-0.05, 0) is 62.2 Å². The highest BCUT2D eigenvalue weighted by Gasteiger charge is 2.26. The number of nitrogens with one attached hydrogen (secondary N) is 1. The zero-order valence-electron chi connectivity index (χ0n) is 15.8. The molecule has 0 unspecified atom stereocenters. The molecular formula is C21H23N3O3. The first kappa shape index (κ1) is 18.6. The van der Waals surface area contributed by atoms with Crippen molar-refractivity contribution >= 4 is 28.9 Å². The molecule has 2 aromatic rings. The van der Waals surface area contributed by atoms with Crippen molar-refractivity contribution in [1.82, 2.24) is 0 Å². The third-order valence-corrected chi connectivity index (χ3v) is 4.31. The molecule has 0 fully saturated rings. The third-order valence-electron chi connectivity index (χ3n) is 4.31. The molecule has 0 aliphatic carbocycles. The summed E-state index contributed by atoms with van der Waals surface area (Å²) in [4.78, 5) is 25.0. The van der Waals surface area contributed by atoms with Gasteiger partial charge in [-0.1, -0.05) is 12.1 Å². The van der Waals surface area contributed by atoms with Crippen LogP contribution in [0.25, 0.3) is 0 Å². The second-order valence-corrected chi connectivity index (χ2v) is 6.45. The Kier molecular flexibility index (Phi) is 5.54. The smallest absolute Gasteiger partial charge is 0.271 e. The molecule has 0 bridgehead atoms. The van der Waals surface area contributed by atoms with Gasteiger partial charge in [-0.15, -0.1) is 0 Å². The van der Waals surface area contributed by atoms with Crippen molar-refractivity contribution in [3.63, 3.8) is 0 Å². The maximum atomic E-state index is 12.6. The van der Waals surface area contributed by atoms with Gasteiger partial charge in [0.25, 0.3) is 5.91 Å². The number of carbonyl (C=O) groups excluding carboxylic acids is 2. The molecular weight excluding hydrogens is 342 g/mol. The van der Waals surface area contributed by atoms with E-state index in [-0.39, 0.29) is 18.2 Å². The highest BCUT2D eigenvalue weighted by molar-refractivity contribution is 6.44. The van der Waals surface area contributed by atoms with Crippen LogP contribution in [-0.4, -0.2) is 24.1 Å². The molecule has 0 atom stereocenters. The number of hydrogen-bond donors (Lipinski definition) is 1. The molecule has 1 N–H and O–H groups in total. The molecule has 6 heteroatoms. The van der Waals surface area contributed by atoms with Gasteiger partial charge in [0.05, 0.1) is 12.3 Å². The maximum Gasteiger partial charge on any atom is 0.271 e. The van der Waals surface area contributed by atoms with E-state index in [2.05, 4.69) is 10.4 Å². The number of ether oxygens (including phenoxy) is 1. The summed E-state index contributed by atoms with van der Waals surface area (Å²) in [5.41, 5.74) is 3.67. The van der Waals surface area contributed by atoms with Gasteiger partial charge in [0.2, 0.25) is 5.91 Å². The predicted octanol–water partition coefficient (Wildman–Crippen LogP) is 3.82. The Balaban J connectivity index is 1.79. The van der Waals surface area contributed by atoms with Crippen LogP contribution >= 0.6 is 0 Å². The molecule has 6 nitrogen and oxygen atoms in total. The molecule has 140 valence electrons. The zero-order valence-corrected chi connectivity index (χ0v) is 15.8. The van der Waals surface area contributed by atoms with E-state index in [1.54, 1.807) is 24.3 Å². The Morgan fingerprint density at radius 2 is 1.89 bits per heavy atom. The number of nitrogens with zero attached hydrogens (tertiary/aromatic N) is 2. The summed E-state index contributed by atoms with van der Waals surface area (Å²) in [6.45, 7) is 6.39. The fourth-order valence-electron chi connectivity index (χ4n) is 2.86. The van der Waals surface area contributed by atoms with Gasteiger partial charge in [0.15, 0.2) is 0 Å². The number of rotatable bonds is 5. The van der Waals surface area contributed by atoms with E-state index in [4.69, 9.17) is 4.74 Å². The van der Waals surface area contributed by atoms with Crippen LogP contribution in [0.3, 0.4) is 0 Å². The molecule has 0 saturated heterocycles. The Morgan fingerprint density at radius 1 is 1.15 bits per heavy atom. The minimum absolute atomic E-state index is 0.110. The Labute approximate surface area is 158 Å². The quantitative estimate of drug-likeness (QED) is 0.875. The molecule has 3 rings (SSSR count). The fraction of sp³-hybridized carbons (Fsp3) is 0.286. The van der Waals surface area contributed by atoms with Crippen LogP contribution in [0.4, 0.5) is 11.4 Å². The lowest BCUT2D eigenvalue weighted by Crippen LogP contribution is -2.36. The molecule has 27 heavy (non-hydrogen) atoms. The Hall–Kier alpha value is -3.15. The monoisotopic (exact) mass is 365 g/mol. The summed E-state index contributed by atoms with van der Waals surface area (Å²) in [6.07, 6.45) is 0.575. The predicted molar refractivity (Wildman–Crippen MR) is 106 cm³/mol. The van der Waals surface area contributed by atoms with Crippen LogP contribution in [0.1, 0.15) is 30.9 Å². The average Bonchev–Trinajstić information content (AvgIpc) is 2.66. The molecule has 2 amide bonds. The average molecular weight is 365 g/mol. The lowest BCUT2D eigenvalue weighted by Gasteiger charge is -2.24. The molecule has 1 aliphatic heterocycles. The standard InChI is InChI=1S/C21H23N3O3/c1-4-27-17-9-7-16(8-10-17)22-21(26)18-11-12-20(25)24(23-18)19-13-14(2)5-6-15(19)3/h5-10,13H,4,11-12H2,1-3H3,(H,22,26).